The highest BCUT2D eigenvalue weighted by atomic mass is 16.1. The van der Waals surface area contributed by atoms with Gasteiger partial charge in [0.2, 0.25) is 0 Å². The van der Waals surface area contributed by atoms with E-state index in [0.29, 0.717) is 23.5 Å². The molecular formula is C14H19N5O. The lowest BCUT2D eigenvalue weighted by molar-refractivity contribution is 0.0952. The monoisotopic (exact) mass is 273 g/mol. The van der Waals surface area contributed by atoms with Gasteiger partial charge in [0, 0.05) is 25.5 Å². The predicted molar refractivity (Wildman–Crippen MR) is 77.2 cm³/mol. The van der Waals surface area contributed by atoms with Crippen LogP contribution in [0.25, 0.3) is 0 Å². The highest BCUT2D eigenvalue weighted by Crippen LogP contribution is 2.09. The number of rotatable bonds is 6. The maximum atomic E-state index is 12.0. The quantitative estimate of drug-likeness (QED) is 0.778. The molecule has 0 aliphatic heterocycles. The van der Waals surface area contributed by atoms with E-state index in [1.165, 1.54) is 0 Å². The van der Waals surface area contributed by atoms with Crippen molar-refractivity contribution in [2.45, 2.75) is 26.3 Å². The first-order chi connectivity index (χ1) is 9.66. The maximum Gasteiger partial charge on any atom is 0.253 e. The van der Waals surface area contributed by atoms with Crippen LogP contribution in [0.2, 0.25) is 0 Å². The topological polar surface area (TPSA) is 85.8 Å². The lowest BCUT2D eigenvalue weighted by Gasteiger charge is -2.08. The van der Waals surface area contributed by atoms with Crippen molar-refractivity contribution in [3.05, 3.63) is 42.2 Å². The molecule has 2 rings (SSSR count). The highest BCUT2D eigenvalue weighted by Gasteiger charge is 2.09. The van der Waals surface area contributed by atoms with Crippen LogP contribution in [0.3, 0.4) is 0 Å². The maximum absolute atomic E-state index is 12.0. The number of nitrogens with one attached hydrogen (secondary N) is 1. The van der Waals surface area contributed by atoms with Crippen LogP contribution in [0.15, 0.2) is 31.0 Å². The van der Waals surface area contributed by atoms with Gasteiger partial charge in [-0.3, -0.25) is 9.78 Å². The number of unbranched alkanes of at least 4 members (excludes halogenated alkanes) is 1. The molecule has 0 fully saturated rings. The summed E-state index contributed by atoms with van der Waals surface area (Å²) in [4.78, 5) is 20.1. The van der Waals surface area contributed by atoms with Gasteiger partial charge in [0.15, 0.2) is 0 Å². The molecule has 0 aliphatic rings. The van der Waals surface area contributed by atoms with Crippen molar-refractivity contribution in [2.24, 2.45) is 0 Å². The van der Waals surface area contributed by atoms with E-state index in [1.54, 1.807) is 31.7 Å². The van der Waals surface area contributed by atoms with Crippen molar-refractivity contribution < 1.29 is 4.79 Å². The standard InChI is InChI=1S/C14H19N5O/c1-11-13(8-12(15)9-18-11)14(20)17-4-2-3-6-19-7-5-16-10-19/h5,7-10H,2-4,6,15H2,1H3,(H,17,20). The molecule has 20 heavy (non-hydrogen) atoms. The summed E-state index contributed by atoms with van der Waals surface area (Å²) < 4.78 is 2.02. The van der Waals surface area contributed by atoms with Crippen LogP contribution >= 0.6 is 0 Å². The van der Waals surface area contributed by atoms with E-state index in [-0.39, 0.29) is 5.91 Å². The number of nitrogens with two attached hydrogens (primary N) is 1. The molecule has 3 N–H and O–H groups in total. The Morgan fingerprint density at radius 1 is 1.45 bits per heavy atom. The molecule has 106 valence electrons. The fourth-order valence-corrected chi connectivity index (χ4v) is 1.91. The van der Waals surface area contributed by atoms with Crippen LogP contribution in [0.1, 0.15) is 28.9 Å². The molecule has 2 aromatic rings. The first-order valence-electron chi connectivity index (χ1n) is 6.63. The Morgan fingerprint density at radius 2 is 2.30 bits per heavy atom. The van der Waals surface area contributed by atoms with Crippen LogP contribution in [-0.4, -0.2) is 27.0 Å². The molecule has 0 saturated carbocycles. The lowest BCUT2D eigenvalue weighted by atomic mass is 10.2. The predicted octanol–water partition coefficient (Wildman–Crippen LogP) is 1.38. The van der Waals surface area contributed by atoms with Gasteiger partial charge in [0.05, 0.1) is 29.5 Å². The second-order valence-electron chi connectivity index (χ2n) is 4.67. The second kappa shape index (κ2) is 6.70. The number of nitrogen functional groups attached to an aromatic ring is 1. The molecule has 0 aliphatic carbocycles. The van der Waals surface area contributed by atoms with Crippen molar-refractivity contribution in [1.29, 1.82) is 0 Å². The zero-order chi connectivity index (χ0) is 14.4. The number of aryl methyl sites for hydroxylation is 2. The van der Waals surface area contributed by atoms with E-state index in [0.717, 1.165) is 19.4 Å². The smallest absolute Gasteiger partial charge is 0.253 e. The van der Waals surface area contributed by atoms with Gasteiger partial charge in [-0.2, -0.15) is 0 Å². The molecule has 2 aromatic heterocycles. The van der Waals surface area contributed by atoms with Crippen LogP contribution in [0.5, 0.6) is 0 Å². The largest absolute Gasteiger partial charge is 0.397 e. The number of pyridine rings is 1. The first kappa shape index (κ1) is 14.0. The van der Waals surface area contributed by atoms with Crippen molar-refractivity contribution in [1.82, 2.24) is 19.9 Å². The average Bonchev–Trinajstić information content (AvgIpc) is 2.94. The zero-order valence-corrected chi connectivity index (χ0v) is 11.5. The zero-order valence-electron chi connectivity index (χ0n) is 11.5. The van der Waals surface area contributed by atoms with E-state index in [9.17, 15) is 4.79 Å². The minimum Gasteiger partial charge on any atom is -0.397 e. The summed E-state index contributed by atoms with van der Waals surface area (Å²) in [6.45, 7) is 3.35. The van der Waals surface area contributed by atoms with E-state index < -0.39 is 0 Å². The molecule has 0 unspecified atom stereocenters. The minimum atomic E-state index is -0.120. The van der Waals surface area contributed by atoms with Crippen molar-refractivity contribution in [3.63, 3.8) is 0 Å². The summed E-state index contributed by atoms with van der Waals surface area (Å²) >= 11 is 0. The molecule has 2 heterocycles. The number of carbonyl (C=O) groups excluding carboxylic acids is 1. The van der Waals surface area contributed by atoms with Gasteiger partial charge >= 0.3 is 0 Å². The Kier molecular flexibility index (Phi) is 4.70. The molecule has 0 saturated heterocycles. The van der Waals surface area contributed by atoms with Gasteiger partial charge < -0.3 is 15.6 Å². The summed E-state index contributed by atoms with van der Waals surface area (Å²) in [5.74, 6) is -0.120. The lowest BCUT2D eigenvalue weighted by Crippen LogP contribution is -2.25. The van der Waals surface area contributed by atoms with Gasteiger partial charge in [-0.25, -0.2) is 4.98 Å². The van der Waals surface area contributed by atoms with E-state index in [4.69, 9.17) is 5.73 Å². The third-order valence-corrected chi connectivity index (χ3v) is 3.04. The van der Waals surface area contributed by atoms with Gasteiger partial charge in [0.1, 0.15) is 0 Å². The van der Waals surface area contributed by atoms with Crippen LogP contribution in [0.4, 0.5) is 5.69 Å². The van der Waals surface area contributed by atoms with Crippen molar-refractivity contribution >= 4 is 11.6 Å². The number of imidazole rings is 1. The molecule has 1 amide bonds. The number of aromatic nitrogens is 3. The Labute approximate surface area is 118 Å². The normalized spacial score (nSPS) is 10.4. The Bertz CT molecular complexity index is 565. The van der Waals surface area contributed by atoms with Gasteiger partial charge in [-0.05, 0) is 25.8 Å². The number of hydrogen-bond acceptors (Lipinski definition) is 4. The molecule has 0 aromatic carbocycles. The second-order valence-corrected chi connectivity index (χ2v) is 4.67. The van der Waals surface area contributed by atoms with E-state index in [2.05, 4.69) is 15.3 Å². The first-order valence-corrected chi connectivity index (χ1v) is 6.63. The number of anilines is 1. The van der Waals surface area contributed by atoms with E-state index in [1.807, 2.05) is 10.8 Å². The molecule has 0 atom stereocenters. The highest BCUT2D eigenvalue weighted by molar-refractivity contribution is 5.95. The van der Waals surface area contributed by atoms with Crippen molar-refractivity contribution in [3.8, 4) is 0 Å². The van der Waals surface area contributed by atoms with Crippen LogP contribution < -0.4 is 11.1 Å². The van der Waals surface area contributed by atoms with Gasteiger partial charge in [0.25, 0.3) is 5.91 Å². The Hall–Kier alpha value is -2.37. The third-order valence-electron chi connectivity index (χ3n) is 3.04. The third kappa shape index (κ3) is 3.81. The number of nitrogens with zero attached hydrogens (tertiary/aromatic N) is 3. The number of hydrogen-bond donors (Lipinski definition) is 2. The van der Waals surface area contributed by atoms with Crippen LogP contribution in [0, 0.1) is 6.92 Å². The fraction of sp³-hybridized carbons (Fsp3) is 0.357. The van der Waals surface area contributed by atoms with Gasteiger partial charge in [-0.1, -0.05) is 0 Å². The molecule has 0 bridgehead atoms. The molecule has 0 spiro atoms. The van der Waals surface area contributed by atoms with Crippen LogP contribution in [-0.2, 0) is 6.54 Å². The summed E-state index contributed by atoms with van der Waals surface area (Å²) in [5, 5.41) is 2.89. The SMILES string of the molecule is Cc1ncc(N)cc1C(=O)NCCCCn1ccnc1. The molecule has 6 nitrogen and oxygen atoms in total. The Balaban J connectivity index is 1.73. The minimum absolute atomic E-state index is 0.120. The molecule has 0 radical (unpaired) electrons. The average molecular weight is 273 g/mol. The summed E-state index contributed by atoms with van der Waals surface area (Å²) in [7, 11) is 0. The summed E-state index contributed by atoms with van der Waals surface area (Å²) in [6, 6.07) is 1.66. The summed E-state index contributed by atoms with van der Waals surface area (Å²) in [5.41, 5.74) is 7.38. The summed E-state index contributed by atoms with van der Waals surface area (Å²) in [6.07, 6.45) is 8.94. The van der Waals surface area contributed by atoms with E-state index >= 15 is 0 Å². The number of amides is 1. The fourth-order valence-electron chi connectivity index (χ4n) is 1.91. The van der Waals surface area contributed by atoms with Crippen molar-refractivity contribution in [2.75, 3.05) is 12.3 Å². The molecular weight excluding hydrogens is 254 g/mol. The Morgan fingerprint density at radius 3 is 3.05 bits per heavy atom. The van der Waals surface area contributed by atoms with Gasteiger partial charge in [-0.15, -0.1) is 0 Å². The number of carbonyl (C=O) groups is 1. The molecule has 6 heteroatoms.